The Morgan fingerprint density at radius 3 is 2.59 bits per heavy atom. The van der Waals surface area contributed by atoms with Crippen molar-refractivity contribution in [2.75, 3.05) is 27.1 Å². The molecule has 92 valence electrons. The van der Waals surface area contributed by atoms with Crippen LogP contribution in [0.4, 0.5) is 0 Å². The maximum Gasteiger partial charge on any atom is 0.189 e. The fraction of sp³-hybridized carbons (Fsp3) is 0.308. The van der Waals surface area contributed by atoms with Gasteiger partial charge in [0.2, 0.25) is 0 Å². The Morgan fingerprint density at radius 2 is 1.94 bits per heavy atom. The van der Waals surface area contributed by atoms with Crippen molar-refractivity contribution in [2.24, 2.45) is 0 Å². The van der Waals surface area contributed by atoms with E-state index in [0.29, 0.717) is 13.2 Å². The molecule has 4 heteroatoms. The Morgan fingerprint density at radius 1 is 1.18 bits per heavy atom. The van der Waals surface area contributed by atoms with Crippen LogP contribution in [-0.2, 0) is 14.3 Å². The molecule has 1 rings (SSSR count). The second-order valence-corrected chi connectivity index (χ2v) is 3.23. The van der Waals surface area contributed by atoms with Gasteiger partial charge in [-0.3, -0.25) is 4.79 Å². The van der Waals surface area contributed by atoms with Crippen molar-refractivity contribution < 1.29 is 19.0 Å². The molecule has 0 amide bonds. The van der Waals surface area contributed by atoms with E-state index >= 15 is 0 Å². The summed E-state index contributed by atoms with van der Waals surface area (Å²) in [6.45, 7) is 1.27. The molecule has 0 radical (unpaired) electrons. The number of ether oxygens (including phenoxy) is 3. The van der Waals surface area contributed by atoms with Gasteiger partial charge < -0.3 is 14.2 Å². The van der Waals surface area contributed by atoms with Gasteiger partial charge in [-0.05, 0) is 23.8 Å². The monoisotopic (exact) mass is 236 g/mol. The van der Waals surface area contributed by atoms with Gasteiger partial charge in [0, 0.05) is 7.11 Å². The zero-order chi connectivity index (χ0) is 12.3. The molecule has 1 aromatic rings. The molecule has 0 fully saturated rings. The summed E-state index contributed by atoms with van der Waals surface area (Å²) in [6.07, 6.45) is 3.92. The lowest BCUT2D eigenvalue weighted by Gasteiger charge is -2.06. The smallest absolute Gasteiger partial charge is 0.189 e. The molecule has 1 aromatic carbocycles. The molecule has 0 heterocycles. The fourth-order valence-corrected chi connectivity index (χ4v) is 1.14. The number of carbonyl (C=O) groups excluding carboxylic acids is 1. The first kappa shape index (κ1) is 13.4. The average molecular weight is 236 g/mol. The van der Waals surface area contributed by atoms with E-state index in [1.807, 2.05) is 24.3 Å². The maximum atomic E-state index is 10.1. The van der Waals surface area contributed by atoms with Crippen LogP contribution in [0.1, 0.15) is 5.56 Å². The van der Waals surface area contributed by atoms with Crippen LogP contribution in [0.5, 0.6) is 5.75 Å². The summed E-state index contributed by atoms with van der Waals surface area (Å²) in [5.41, 5.74) is 0.949. The van der Waals surface area contributed by atoms with Gasteiger partial charge in [0.15, 0.2) is 6.79 Å². The number of methoxy groups -OCH3 is 1. The van der Waals surface area contributed by atoms with E-state index in [0.717, 1.165) is 17.6 Å². The highest BCUT2D eigenvalue weighted by atomic mass is 16.7. The van der Waals surface area contributed by atoms with Crippen LogP contribution in [0.3, 0.4) is 0 Å². The van der Waals surface area contributed by atoms with Gasteiger partial charge in [-0.2, -0.15) is 0 Å². The third-order valence-electron chi connectivity index (χ3n) is 1.99. The van der Waals surface area contributed by atoms with Crippen molar-refractivity contribution >= 4 is 12.4 Å². The van der Waals surface area contributed by atoms with E-state index in [-0.39, 0.29) is 6.79 Å². The highest BCUT2D eigenvalue weighted by molar-refractivity contribution is 5.73. The summed E-state index contributed by atoms with van der Waals surface area (Å²) in [4.78, 5) is 10.1. The average Bonchev–Trinajstić information content (AvgIpc) is 2.37. The molecule has 4 nitrogen and oxygen atoms in total. The number of allylic oxidation sites excluding steroid dienone is 1. The van der Waals surface area contributed by atoms with Gasteiger partial charge in [-0.15, -0.1) is 0 Å². The van der Waals surface area contributed by atoms with Gasteiger partial charge in [-0.25, -0.2) is 0 Å². The molecule has 17 heavy (non-hydrogen) atoms. The topological polar surface area (TPSA) is 44.8 Å². The zero-order valence-corrected chi connectivity index (χ0v) is 9.80. The van der Waals surface area contributed by atoms with Crippen molar-refractivity contribution in [3.8, 4) is 5.75 Å². The maximum absolute atomic E-state index is 10.1. The standard InChI is InChI=1S/C13H16O4/c1-15-9-10-16-11-17-13-6-4-12(5-7-13)3-2-8-14/h2-8H,9-11H2,1H3. The lowest BCUT2D eigenvalue weighted by atomic mass is 10.2. The zero-order valence-electron chi connectivity index (χ0n) is 9.80. The minimum absolute atomic E-state index is 0.201. The minimum atomic E-state index is 0.201. The van der Waals surface area contributed by atoms with Crippen LogP contribution in [0.2, 0.25) is 0 Å². The Kier molecular flexibility index (Phi) is 6.70. The van der Waals surface area contributed by atoms with Crippen molar-refractivity contribution in [1.29, 1.82) is 0 Å². The molecule has 0 aliphatic rings. The first-order valence-corrected chi connectivity index (χ1v) is 5.28. The highest BCUT2D eigenvalue weighted by Gasteiger charge is 1.93. The second kappa shape index (κ2) is 8.50. The molecule has 0 N–H and O–H groups in total. The number of rotatable bonds is 8. The van der Waals surface area contributed by atoms with E-state index in [1.165, 1.54) is 6.08 Å². The number of hydrogen-bond acceptors (Lipinski definition) is 4. The summed E-state index contributed by atoms with van der Waals surface area (Å²) in [5, 5.41) is 0. The molecule has 0 bridgehead atoms. The summed E-state index contributed by atoms with van der Waals surface area (Å²) in [5.74, 6) is 0.727. The van der Waals surface area contributed by atoms with Gasteiger partial charge >= 0.3 is 0 Å². The van der Waals surface area contributed by atoms with Crippen molar-refractivity contribution in [2.45, 2.75) is 0 Å². The summed E-state index contributed by atoms with van der Waals surface area (Å²) >= 11 is 0. The molecule has 0 spiro atoms. The first-order valence-electron chi connectivity index (χ1n) is 5.28. The Labute approximate surface area is 101 Å². The first-order chi connectivity index (χ1) is 8.36. The molecule has 0 saturated heterocycles. The van der Waals surface area contributed by atoms with Crippen LogP contribution < -0.4 is 4.74 Å². The van der Waals surface area contributed by atoms with Gasteiger partial charge in [-0.1, -0.05) is 18.2 Å². The number of hydrogen-bond donors (Lipinski definition) is 0. The summed E-state index contributed by atoms with van der Waals surface area (Å²) < 4.78 is 15.3. The van der Waals surface area contributed by atoms with Crippen LogP contribution in [-0.4, -0.2) is 33.4 Å². The predicted octanol–water partition coefficient (Wildman–Crippen LogP) is 1.90. The lowest BCUT2D eigenvalue weighted by Crippen LogP contribution is -2.07. The lowest BCUT2D eigenvalue weighted by molar-refractivity contribution is -0.104. The molecule has 0 aliphatic carbocycles. The summed E-state index contributed by atoms with van der Waals surface area (Å²) in [7, 11) is 1.62. The third kappa shape index (κ3) is 5.85. The number of benzene rings is 1. The van der Waals surface area contributed by atoms with Crippen LogP contribution in [0, 0.1) is 0 Å². The predicted molar refractivity (Wildman–Crippen MR) is 64.9 cm³/mol. The highest BCUT2D eigenvalue weighted by Crippen LogP contribution is 2.12. The van der Waals surface area contributed by atoms with Crippen molar-refractivity contribution in [3.63, 3.8) is 0 Å². The Hall–Kier alpha value is -1.65. The third-order valence-corrected chi connectivity index (χ3v) is 1.99. The van der Waals surface area contributed by atoms with Gasteiger partial charge in [0.1, 0.15) is 12.0 Å². The minimum Gasteiger partial charge on any atom is -0.468 e. The molecular formula is C13H16O4. The molecular weight excluding hydrogens is 220 g/mol. The second-order valence-electron chi connectivity index (χ2n) is 3.23. The molecule has 0 saturated carbocycles. The SMILES string of the molecule is COCCOCOc1ccc(C=CC=O)cc1. The van der Waals surface area contributed by atoms with Crippen LogP contribution in [0.25, 0.3) is 6.08 Å². The van der Waals surface area contributed by atoms with Crippen LogP contribution in [0.15, 0.2) is 30.3 Å². The number of carbonyl (C=O) groups is 1. The van der Waals surface area contributed by atoms with E-state index < -0.39 is 0 Å². The van der Waals surface area contributed by atoms with E-state index in [1.54, 1.807) is 13.2 Å². The molecule has 0 aliphatic heterocycles. The largest absolute Gasteiger partial charge is 0.468 e. The van der Waals surface area contributed by atoms with E-state index in [4.69, 9.17) is 14.2 Å². The summed E-state index contributed by atoms with van der Waals surface area (Å²) in [6, 6.07) is 7.38. The Bertz CT molecular complexity index is 343. The normalized spacial score (nSPS) is 10.6. The van der Waals surface area contributed by atoms with Gasteiger partial charge in [0.25, 0.3) is 0 Å². The fourth-order valence-electron chi connectivity index (χ4n) is 1.14. The van der Waals surface area contributed by atoms with Crippen molar-refractivity contribution in [3.05, 3.63) is 35.9 Å². The van der Waals surface area contributed by atoms with Crippen molar-refractivity contribution in [1.82, 2.24) is 0 Å². The van der Waals surface area contributed by atoms with Gasteiger partial charge in [0.05, 0.1) is 13.2 Å². The molecule has 0 unspecified atom stereocenters. The van der Waals surface area contributed by atoms with E-state index in [2.05, 4.69) is 0 Å². The number of aldehydes is 1. The molecule has 0 atom stereocenters. The molecule has 0 aromatic heterocycles. The van der Waals surface area contributed by atoms with Crippen LogP contribution >= 0.6 is 0 Å². The van der Waals surface area contributed by atoms with E-state index in [9.17, 15) is 4.79 Å². The Balaban J connectivity index is 2.30. The quantitative estimate of drug-likeness (QED) is 0.299.